The van der Waals surface area contributed by atoms with E-state index in [4.69, 9.17) is 18.9 Å². The molecule has 2 aliphatic rings. The molecule has 1 saturated heterocycles. The van der Waals surface area contributed by atoms with Crippen LogP contribution in [0.25, 0.3) is 0 Å². The van der Waals surface area contributed by atoms with Gasteiger partial charge in [0.25, 0.3) is 0 Å². The van der Waals surface area contributed by atoms with Crippen molar-refractivity contribution in [3.8, 4) is 23.0 Å². The summed E-state index contributed by atoms with van der Waals surface area (Å²) < 4.78 is 22.1. The maximum Gasteiger partial charge on any atom is 0.223 e. The number of carbonyl (C=O) groups excluding carboxylic acids is 1. The molecule has 8 nitrogen and oxygen atoms in total. The molecule has 2 heterocycles. The summed E-state index contributed by atoms with van der Waals surface area (Å²) >= 11 is 0. The second-order valence-electron chi connectivity index (χ2n) is 8.97. The van der Waals surface area contributed by atoms with E-state index >= 15 is 0 Å². The first-order valence-electron chi connectivity index (χ1n) is 11.8. The zero-order chi connectivity index (χ0) is 24.1. The molecule has 0 aliphatic carbocycles. The van der Waals surface area contributed by atoms with Crippen LogP contribution in [-0.4, -0.2) is 68.0 Å². The monoisotopic (exact) mass is 470 g/mol. The Hall–Kier alpha value is -2.97. The lowest BCUT2D eigenvalue weighted by Gasteiger charge is -2.47. The van der Waals surface area contributed by atoms with Crippen molar-refractivity contribution in [2.75, 3.05) is 40.0 Å². The van der Waals surface area contributed by atoms with Gasteiger partial charge in [-0.3, -0.25) is 9.69 Å². The number of aliphatic hydroxyl groups is 1. The van der Waals surface area contributed by atoms with E-state index < -0.39 is 12.1 Å². The standard InChI is InChI=1S/C26H34N2O6/c1-17-15-28(18(17)2)16-22(26(30)19-4-9-23-24(14-19)34-13-12-33-23)27-25(29)10-11-32-21-7-5-20(31-3)6-8-21/h4-9,14,17-18,22,26,30H,10-13,15-16H2,1-3H3,(H,27,29)/t17?,18?,22-,26-/m1/s1. The Morgan fingerprint density at radius 3 is 2.50 bits per heavy atom. The molecule has 1 fully saturated rings. The van der Waals surface area contributed by atoms with Crippen molar-refractivity contribution in [2.45, 2.75) is 38.5 Å². The Morgan fingerprint density at radius 2 is 1.82 bits per heavy atom. The van der Waals surface area contributed by atoms with Gasteiger partial charge in [-0.05, 0) is 54.8 Å². The number of aliphatic hydroxyl groups excluding tert-OH is 1. The highest BCUT2D eigenvalue weighted by atomic mass is 16.6. The van der Waals surface area contributed by atoms with Gasteiger partial charge < -0.3 is 29.4 Å². The van der Waals surface area contributed by atoms with Crippen molar-refractivity contribution in [3.63, 3.8) is 0 Å². The number of rotatable bonds is 10. The number of ether oxygens (including phenoxy) is 4. The van der Waals surface area contributed by atoms with Gasteiger partial charge in [0.2, 0.25) is 5.91 Å². The van der Waals surface area contributed by atoms with Gasteiger partial charge in [-0.15, -0.1) is 0 Å². The van der Waals surface area contributed by atoms with Crippen molar-refractivity contribution in [1.29, 1.82) is 0 Å². The van der Waals surface area contributed by atoms with Crippen LogP contribution in [0.3, 0.4) is 0 Å². The average Bonchev–Trinajstić information content (AvgIpc) is 2.87. The molecule has 4 atom stereocenters. The van der Waals surface area contributed by atoms with Crippen molar-refractivity contribution >= 4 is 5.91 Å². The minimum absolute atomic E-state index is 0.170. The lowest BCUT2D eigenvalue weighted by molar-refractivity contribution is -0.123. The normalized spacial score (nSPS) is 21.2. The first-order chi connectivity index (χ1) is 16.4. The number of benzene rings is 2. The molecule has 0 aromatic heterocycles. The molecule has 184 valence electrons. The highest BCUT2D eigenvalue weighted by Gasteiger charge is 2.35. The van der Waals surface area contributed by atoms with Crippen molar-refractivity contribution < 1.29 is 28.8 Å². The summed E-state index contributed by atoms with van der Waals surface area (Å²) in [6, 6.07) is 12.6. The largest absolute Gasteiger partial charge is 0.497 e. The molecule has 2 aromatic carbocycles. The molecule has 0 saturated carbocycles. The average molecular weight is 471 g/mol. The predicted molar refractivity (Wildman–Crippen MR) is 128 cm³/mol. The number of methoxy groups -OCH3 is 1. The van der Waals surface area contributed by atoms with Crippen LogP contribution in [0.1, 0.15) is 31.9 Å². The minimum Gasteiger partial charge on any atom is -0.497 e. The number of carbonyl (C=O) groups is 1. The van der Waals surface area contributed by atoms with E-state index in [1.165, 1.54) is 0 Å². The van der Waals surface area contributed by atoms with Crippen LogP contribution in [0.2, 0.25) is 0 Å². The van der Waals surface area contributed by atoms with Crippen molar-refractivity contribution in [2.24, 2.45) is 5.92 Å². The number of likely N-dealkylation sites (tertiary alicyclic amines) is 1. The maximum atomic E-state index is 12.8. The number of fused-ring (bicyclic) bond motifs is 1. The van der Waals surface area contributed by atoms with E-state index in [1.807, 2.05) is 24.3 Å². The lowest BCUT2D eigenvalue weighted by atomic mass is 9.90. The van der Waals surface area contributed by atoms with E-state index in [2.05, 4.69) is 24.1 Å². The Labute approximate surface area is 200 Å². The Morgan fingerprint density at radius 1 is 1.12 bits per heavy atom. The van der Waals surface area contributed by atoms with E-state index in [0.717, 1.165) is 12.3 Å². The zero-order valence-electron chi connectivity index (χ0n) is 20.0. The first-order valence-corrected chi connectivity index (χ1v) is 11.8. The smallest absolute Gasteiger partial charge is 0.223 e. The summed E-state index contributed by atoms with van der Waals surface area (Å²) in [5, 5.41) is 14.3. The molecule has 2 N–H and O–H groups in total. The fourth-order valence-electron chi connectivity index (χ4n) is 4.32. The van der Waals surface area contributed by atoms with Crippen LogP contribution in [-0.2, 0) is 4.79 Å². The topological polar surface area (TPSA) is 89.5 Å². The minimum atomic E-state index is -0.884. The van der Waals surface area contributed by atoms with Gasteiger partial charge in [0.15, 0.2) is 11.5 Å². The molecule has 34 heavy (non-hydrogen) atoms. The highest BCUT2D eigenvalue weighted by molar-refractivity contribution is 5.76. The fraction of sp³-hybridized carbons (Fsp3) is 0.500. The molecule has 8 heteroatoms. The fourth-order valence-corrected chi connectivity index (χ4v) is 4.32. The molecule has 1 amide bonds. The van der Waals surface area contributed by atoms with Crippen LogP contribution in [0, 0.1) is 5.92 Å². The van der Waals surface area contributed by atoms with Crippen LogP contribution in [0.5, 0.6) is 23.0 Å². The van der Waals surface area contributed by atoms with E-state index in [-0.39, 0.29) is 18.9 Å². The third kappa shape index (κ3) is 5.74. The maximum absolute atomic E-state index is 12.8. The molecule has 4 rings (SSSR count). The lowest BCUT2D eigenvalue weighted by Crippen LogP contribution is -2.58. The van der Waals surface area contributed by atoms with Gasteiger partial charge in [-0.2, -0.15) is 0 Å². The van der Waals surface area contributed by atoms with Gasteiger partial charge in [-0.1, -0.05) is 13.0 Å². The zero-order valence-corrected chi connectivity index (χ0v) is 20.0. The molecular formula is C26H34N2O6. The summed E-state index contributed by atoms with van der Waals surface area (Å²) in [4.78, 5) is 15.0. The summed E-state index contributed by atoms with van der Waals surface area (Å²) in [5.74, 6) is 3.13. The van der Waals surface area contributed by atoms with Crippen LogP contribution in [0.4, 0.5) is 0 Å². The quantitative estimate of drug-likeness (QED) is 0.552. The predicted octanol–water partition coefficient (Wildman–Crippen LogP) is 2.79. The second-order valence-corrected chi connectivity index (χ2v) is 8.97. The van der Waals surface area contributed by atoms with Gasteiger partial charge >= 0.3 is 0 Å². The van der Waals surface area contributed by atoms with Gasteiger partial charge in [-0.25, -0.2) is 0 Å². The molecule has 0 spiro atoms. The number of amides is 1. The number of hydrogen-bond donors (Lipinski definition) is 2. The van der Waals surface area contributed by atoms with Gasteiger partial charge in [0, 0.05) is 19.1 Å². The van der Waals surface area contributed by atoms with Crippen molar-refractivity contribution in [3.05, 3.63) is 48.0 Å². The van der Waals surface area contributed by atoms with Crippen LogP contribution >= 0.6 is 0 Å². The van der Waals surface area contributed by atoms with Gasteiger partial charge in [0.05, 0.1) is 26.2 Å². The molecule has 0 radical (unpaired) electrons. The highest BCUT2D eigenvalue weighted by Crippen LogP contribution is 2.34. The molecular weight excluding hydrogens is 436 g/mol. The second kappa shape index (κ2) is 11.0. The first kappa shape index (κ1) is 24.2. The third-order valence-corrected chi connectivity index (χ3v) is 6.65. The van der Waals surface area contributed by atoms with E-state index in [0.29, 0.717) is 54.5 Å². The van der Waals surface area contributed by atoms with E-state index in [1.54, 1.807) is 25.3 Å². The summed E-state index contributed by atoms with van der Waals surface area (Å²) in [6.45, 7) is 7.12. The summed E-state index contributed by atoms with van der Waals surface area (Å²) in [5.41, 5.74) is 0.685. The summed E-state index contributed by atoms with van der Waals surface area (Å²) in [6.07, 6.45) is -0.701. The van der Waals surface area contributed by atoms with Crippen LogP contribution in [0.15, 0.2) is 42.5 Å². The number of hydrogen-bond acceptors (Lipinski definition) is 7. The van der Waals surface area contributed by atoms with Gasteiger partial charge in [0.1, 0.15) is 30.8 Å². The van der Waals surface area contributed by atoms with E-state index in [9.17, 15) is 9.90 Å². The molecule has 0 bridgehead atoms. The molecule has 2 unspecified atom stereocenters. The van der Waals surface area contributed by atoms with Crippen molar-refractivity contribution in [1.82, 2.24) is 10.2 Å². The number of nitrogens with one attached hydrogen (secondary N) is 1. The Kier molecular flexibility index (Phi) is 7.80. The summed E-state index contributed by atoms with van der Waals surface area (Å²) in [7, 11) is 1.61. The Bertz CT molecular complexity index is 966. The number of nitrogens with zero attached hydrogens (tertiary/aromatic N) is 1. The molecule has 2 aromatic rings. The molecule has 2 aliphatic heterocycles. The van der Waals surface area contributed by atoms with Crippen LogP contribution < -0.4 is 24.3 Å². The third-order valence-electron chi connectivity index (χ3n) is 6.65. The Balaban J connectivity index is 1.38. The SMILES string of the molecule is COc1ccc(OCCC(=O)N[C@H](CN2CC(C)C2C)[C@H](O)c2ccc3c(c2)OCCO3)cc1.